The van der Waals surface area contributed by atoms with Gasteiger partial charge in [-0.2, -0.15) is 11.3 Å². The molecular formula is C16H18N2S2. The topological polar surface area (TPSA) is 29.3 Å². The molecule has 4 heteroatoms. The zero-order valence-electron chi connectivity index (χ0n) is 11.3. The third-order valence-corrected chi connectivity index (χ3v) is 4.62. The van der Waals surface area contributed by atoms with E-state index in [4.69, 9.17) is 18.0 Å². The van der Waals surface area contributed by atoms with Gasteiger partial charge in [0, 0.05) is 24.7 Å². The Bertz CT molecular complexity index is 571. The lowest BCUT2D eigenvalue weighted by Crippen LogP contribution is -2.24. The summed E-state index contributed by atoms with van der Waals surface area (Å²) in [5.74, 6) is 0. The summed E-state index contributed by atoms with van der Waals surface area (Å²) in [7, 11) is 0. The van der Waals surface area contributed by atoms with Gasteiger partial charge in [-0.1, -0.05) is 36.5 Å². The lowest BCUT2D eigenvalue weighted by atomic mass is 10.1. The zero-order chi connectivity index (χ0) is 13.9. The number of hydrogen-bond donors (Lipinski definition) is 1. The van der Waals surface area contributed by atoms with E-state index < -0.39 is 0 Å². The van der Waals surface area contributed by atoms with Crippen LogP contribution in [-0.4, -0.2) is 15.9 Å². The van der Waals surface area contributed by atoms with Crippen LogP contribution in [0.4, 0.5) is 0 Å². The summed E-state index contributed by atoms with van der Waals surface area (Å²) in [6.07, 6.45) is 2.66. The Kier molecular flexibility index (Phi) is 4.15. The van der Waals surface area contributed by atoms with Crippen molar-refractivity contribution in [2.75, 3.05) is 0 Å². The zero-order valence-corrected chi connectivity index (χ0v) is 12.9. The first-order chi connectivity index (χ1) is 9.72. The summed E-state index contributed by atoms with van der Waals surface area (Å²) in [4.78, 5) is 3.03. The lowest BCUT2D eigenvalue weighted by Gasteiger charge is -2.21. The second-order valence-corrected chi connectivity index (χ2v) is 6.55. The Balaban J connectivity index is 1.68. The molecule has 0 amide bonds. The standard InChI is InChI=1S/C16H18N2S2/c17-16(19)14-3-1-12(2-4-14)9-18(15-5-6-15)10-13-7-8-20-11-13/h1-4,7-8,11,15H,5-6,9-10H2,(H2,17,19). The molecule has 0 aliphatic heterocycles. The molecule has 20 heavy (non-hydrogen) atoms. The van der Waals surface area contributed by atoms with E-state index in [0.717, 1.165) is 24.7 Å². The molecule has 104 valence electrons. The summed E-state index contributed by atoms with van der Waals surface area (Å²) in [5.41, 5.74) is 9.32. The Labute approximate surface area is 129 Å². The summed E-state index contributed by atoms with van der Waals surface area (Å²) in [5, 5.41) is 4.39. The third-order valence-electron chi connectivity index (χ3n) is 3.65. The van der Waals surface area contributed by atoms with E-state index in [2.05, 4.69) is 33.9 Å². The molecule has 2 nitrogen and oxygen atoms in total. The highest BCUT2D eigenvalue weighted by atomic mass is 32.1. The van der Waals surface area contributed by atoms with Gasteiger partial charge in [0.2, 0.25) is 0 Å². The Morgan fingerprint density at radius 2 is 1.85 bits per heavy atom. The van der Waals surface area contributed by atoms with Gasteiger partial charge in [0.15, 0.2) is 0 Å². The van der Waals surface area contributed by atoms with Gasteiger partial charge in [0.05, 0.1) is 0 Å². The number of nitrogens with two attached hydrogens (primary N) is 1. The van der Waals surface area contributed by atoms with Crippen molar-refractivity contribution in [1.29, 1.82) is 0 Å². The molecule has 0 saturated heterocycles. The summed E-state index contributed by atoms with van der Waals surface area (Å²) < 4.78 is 0. The van der Waals surface area contributed by atoms with E-state index in [1.165, 1.54) is 24.0 Å². The number of benzene rings is 1. The summed E-state index contributed by atoms with van der Waals surface area (Å²) in [6.45, 7) is 2.04. The summed E-state index contributed by atoms with van der Waals surface area (Å²) >= 11 is 6.76. The SMILES string of the molecule is NC(=S)c1ccc(CN(Cc2ccsc2)C2CC2)cc1. The van der Waals surface area contributed by atoms with E-state index in [0.29, 0.717) is 4.99 Å². The fourth-order valence-electron chi connectivity index (χ4n) is 2.38. The predicted molar refractivity (Wildman–Crippen MR) is 88.9 cm³/mol. The van der Waals surface area contributed by atoms with E-state index in [-0.39, 0.29) is 0 Å². The molecule has 1 fully saturated rings. The van der Waals surface area contributed by atoms with Crippen molar-refractivity contribution < 1.29 is 0 Å². The molecule has 1 heterocycles. The molecule has 1 saturated carbocycles. The number of hydrogen-bond acceptors (Lipinski definition) is 3. The van der Waals surface area contributed by atoms with Crippen LogP contribution in [0.1, 0.15) is 29.5 Å². The molecule has 0 radical (unpaired) electrons. The van der Waals surface area contributed by atoms with E-state index in [1.807, 2.05) is 12.1 Å². The van der Waals surface area contributed by atoms with Crippen molar-refractivity contribution in [2.24, 2.45) is 5.73 Å². The van der Waals surface area contributed by atoms with Crippen molar-refractivity contribution >= 4 is 28.5 Å². The minimum Gasteiger partial charge on any atom is -0.389 e. The molecule has 1 aromatic heterocycles. The highest BCUT2D eigenvalue weighted by Crippen LogP contribution is 2.30. The van der Waals surface area contributed by atoms with Crippen molar-refractivity contribution in [3.8, 4) is 0 Å². The Morgan fingerprint density at radius 1 is 1.15 bits per heavy atom. The molecule has 3 rings (SSSR count). The molecule has 1 aliphatic carbocycles. The largest absolute Gasteiger partial charge is 0.389 e. The molecule has 1 aromatic carbocycles. The maximum absolute atomic E-state index is 5.64. The number of rotatable bonds is 6. The first-order valence-electron chi connectivity index (χ1n) is 6.86. The maximum Gasteiger partial charge on any atom is 0.103 e. The van der Waals surface area contributed by atoms with Crippen LogP contribution in [0, 0.1) is 0 Å². The van der Waals surface area contributed by atoms with Gasteiger partial charge in [-0.15, -0.1) is 0 Å². The molecular weight excluding hydrogens is 284 g/mol. The van der Waals surface area contributed by atoms with Gasteiger partial charge in [0.25, 0.3) is 0 Å². The molecule has 0 spiro atoms. The fraction of sp³-hybridized carbons (Fsp3) is 0.312. The minimum atomic E-state index is 0.467. The molecule has 2 N–H and O–H groups in total. The lowest BCUT2D eigenvalue weighted by molar-refractivity contribution is 0.246. The van der Waals surface area contributed by atoms with Gasteiger partial charge >= 0.3 is 0 Å². The van der Waals surface area contributed by atoms with Crippen molar-refractivity contribution in [3.63, 3.8) is 0 Å². The highest BCUT2D eigenvalue weighted by Gasteiger charge is 2.28. The van der Waals surface area contributed by atoms with Crippen LogP contribution in [0.15, 0.2) is 41.1 Å². The monoisotopic (exact) mass is 302 g/mol. The fourth-order valence-corrected chi connectivity index (χ4v) is 3.18. The molecule has 0 bridgehead atoms. The molecule has 2 aromatic rings. The van der Waals surface area contributed by atoms with Gasteiger partial charge in [-0.3, -0.25) is 4.90 Å². The van der Waals surface area contributed by atoms with Crippen LogP contribution in [-0.2, 0) is 13.1 Å². The second kappa shape index (κ2) is 6.04. The van der Waals surface area contributed by atoms with Crippen molar-refractivity contribution in [2.45, 2.75) is 32.0 Å². The normalized spacial score (nSPS) is 14.7. The number of thiocarbonyl (C=S) groups is 1. The first kappa shape index (κ1) is 13.7. The van der Waals surface area contributed by atoms with E-state index >= 15 is 0 Å². The third kappa shape index (κ3) is 3.45. The van der Waals surface area contributed by atoms with Crippen LogP contribution >= 0.6 is 23.6 Å². The van der Waals surface area contributed by atoms with Crippen LogP contribution in [0.5, 0.6) is 0 Å². The van der Waals surface area contributed by atoms with Crippen LogP contribution in [0.2, 0.25) is 0 Å². The second-order valence-electron chi connectivity index (χ2n) is 5.33. The average Bonchev–Trinajstić information content (AvgIpc) is 3.17. The number of thiophene rings is 1. The quantitative estimate of drug-likeness (QED) is 0.828. The summed E-state index contributed by atoms with van der Waals surface area (Å²) in [6, 6.07) is 11.3. The van der Waals surface area contributed by atoms with Crippen LogP contribution in [0.3, 0.4) is 0 Å². The Morgan fingerprint density at radius 3 is 2.40 bits per heavy atom. The highest BCUT2D eigenvalue weighted by molar-refractivity contribution is 7.80. The molecule has 0 atom stereocenters. The average molecular weight is 302 g/mol. The Hall–Kier alpha value is -1.23. The number of nitrogens with zero attached hydrogens (tertiary/aromatic N) is 1. The minimum absolute atomic E-state index is 0.467. The van der Waals surface area contributed by atoms with E-state index in [1.54, 1.807) is 11.3 Å². The van der Waals surface area contributed by atoms with Crippen LogP contribution in [0.25, 0.3) is 0 Å². The van der Waals surface area contributed by atoms with Gasteiger partial charge < -0.3 is 5.73 Å². The maximum atomic E-state index is 5.64. The van der Waals surface area contributed by atoms with Gasteiger partial charge in [0.1, 0.15) is 4.99 Å². The van der Waals surface area contributed by atoms with Gasteiger partial charge in [-0.25, -0.2) is 0 Å². The van der Waals surface area contributed by atoms with Gasteiger partial charge in [-0.05, 0) is 40.8 Å². The molecule has 0 unspecified atom stereocenters. The van der Waals surface area contributed by atoms with Crippen molar-refractivity contribution in [1.82, 2.24) is 4.90 Å². The predicted octanol–water partition coefficient (Wildman–Crippen LogP) is 3.55. The van der Waals surface area contributed by atoms with Crippen molar-refractivity contribution in [3.05, 3.63) is 57.8 Å². The molecule has 1 aliphatic rings. The van der Waals surface area contributed by atoms with Crippen LogP contribution < -0.4 is 5.73 Å². The van der Waals surface area contributed by atoms with E-state index in [9.17, 15) is 0 Å². The first-order valence-corrected chi connectivity index (χ1v) is 8.21. The smallest absolute Gasteiger partial charge is 0.103 e.